The molecule has 1 aromatic rings. The number of rotatable bonds is 3. The molecule has 4 aliphatic rings. The summed E-state index contributed by atoms with van der Waals surface area (Å²) >= 11 is 0. The van der Waals surface area contributed by atoms with Crippen molar-refractivity contribution in [3.63, 3.8) is 0 Å². The number of nitriles is 1. The Balaban J connectivity index is 1.35. The Bertz CT molecular complexity index is 1220. The molecule has 1 amide bonds. The lowest BCUT2D eigenvalue weighted by molar-refractivity contribution is -0.404. The van der Waals surface area contributed by atoms with E-state index >= 15 is 4.39 Å². The molecule has 1 aromatic heterocycles. The maximum absolute atomic E-state index is 15.4. The Morgan fingerprint density at radius 2 is 2.20 bits per heavy atom. The molecule has 3 heterocycles. The third kappa shape index (κ3) is 4.02. The molecule has 9 heteroatoms. The van der Waals surface area contributed by atoms with E-state index in [1.165, 1.54) is 6.07 Å². The van der Waals surface area contributed by atoms with Crippen LogP contribution < -0.4 is 9.72 Å². The molecule has 1 spiro atoms. The topological polar surface area (TPSA) is 98.3 Å². The number of aromatic nitrogens is 1. The molecule has 0 aromatic carbocycles. The van der Waals surface area contributed by atoms with Crippen molar-refractivity contribution >= 4 is 17.5 Å². The zero-order chi connectivity index (χ0) is 25.0. The fourth-order valence-corrected chi connectivity index (χ4v) is 5.45. The van der Waals surface area contributed by atoms with Gasteiger partial charge in [0.1, 0.15) is 17.4 Å². The van der Waals surface area contributed by atoms with Crippen LogP contribution in [0, 0.1) is 34.4 Å². The van der Waals surface area contributed by atoms with Crippen LogP contribution in [0.15, 0.2) is 53.2 Å². The molecule has 1 N–H and O–H groups in total. The molecule has 8 nitrogen and oxygen atoms in total. The molecule has 2 aliphatic heterocycles. The quantitative estimate of drug-likeness (QED) is 0.660. The van der Waals surface area contributed by atoms with Crippen LogP contribution in [0.5, 0.6) is 5.88 Å². The van der Waals surface area contributed by atoms with Crippen molar-refractivity contribution in [2.75, 3.05) is 26.3 Å². The number of aliphatic imine (C=N–C) groups is 1. The maximum Gasteiger partial charge on any atom is 0.410 e. The Morgan fingerprint density at radius 1 is 1.40 bits per heavy atom. The average molecular weight is 480 g/mol. The van der Waals surface area contributed by atoms with Gasteiger partial charge in [-0.05, 0) is 44.6 Å². The molecule has 182 valence electrons. The van der Waals surface area contributed by atoms with E-state index in [-0.39, 0.29) is 41.0 Å². The third-order valence-corrected chi connectivity index (χ3v) is 7.08. The van der Waals surface area contributed by atoms with Gasteiger partial charge in [-0.2, -0.15) is 14.6 Å². The van der Waals surface area contributed by atoms with Crippen molar-refractivity contribution in [1.82, 2.24) is 4.90 Å². The van der Waals surface area contributed by atoms with Gasteiger partial charge in [-0.15, -0.1) is 0 Å². The van der Waals surface area contributed by atoms with Gasteiger partial charge < -0.3 is 19.1 Å². The number of hydrogen-bond donors (Lipinski definition) is 0. The number of hydrogen-bond acceptors (Lipinski definition) is 6. The zero-order valence-corrected chi connectivity index (χ0v) is 20.0. The number of ether oxygens (including phenoxy) is 3. The number of pyridine rings is 1. The minimum atomic E-state index is -0.616. The SMILES string of the molecule is C=C1C=C(C#N)C=CC1=Nc1cc[nH+]c(OC2C3COCC34CN(C(=O)OC(C)(C)C)CC24)c1F. The summed E-state index contributed by atoms with van der Waals surface area (Å²) in [5.41, 5.74) is 0.788. The first kappa shape index (κ1) is 23.2. The summed E-state index contributed by atoms with van der Waals surface area (Å²) in [6, 6.07) is 3.56. The van der Waals surface area contributed by atoms with Crippen LogP contribution in [0.3, 0.4) is 0 Å². The van der Waals surface area contributed by atoms with E-state index in [2.05, 4.69) is 16.6 Å². The lowest BCUT2D eigenvalue weighted by Gasteiger charge is -2.51. The zero-order valence-electron chi connectivity index (χ0n) is 20.0. The first-order valence-corrected chi connectivity index (χ1v) is 11.6. The van der Waals surface area contributed by atoms with Gasteiger partial charge in [-0.25, -0.2) is 9.79 Å². The minimum absolute atomic E-state index is 0.00766. The molecule has 5 rings (SSSR count). The van der Waals surface area contributed by atoms with Gasteiger partial charge in [0, 0.05) is 36.4 Å². The van der Waals surface area contributed by atoms with Gasteiger partial charge in [-0.1, -0.05) is 6.58 Å². The lowest BCUT2D eigenvalue weighted by Crippen LogP contribution is -2.62. The Kier molecular flexibility index (Phi) is 5.52. The molecule has 2 aliphatic carbocycles. The monoisotopic (exact) mass is 479 g/mol. The predicted molar refractivity (Wildman–Crippen MR) is 124 cm³/mol. The molecule has 1 saturated carbocycles. The second kappa shape index (κ2) is 8.31. The van der Waals surface area contributed by atoms with E-state index < -0.39 is 11.4 Å². The van der Waals surface area contributed by atoms with Crippen molar-refractivity contribution in [1.29, 1.82) is 5.26 Å². The first-order chi connectivity index (χ1) is 16.6. The molecule has 2 saturated heterocycles. The number of amides is 1. The molecule has 35 heavy (non-hydrogen) atoms. The molecular formula is C26H28FN4O4+. The number of carbonyl (C=O) groups is 1. The van der Waals surface area contributed by atoms with Gasteiger partial charge >= 0.3 is 12.0 Å². The predicted octanol–water partition coefficient (Wildman–Crippen LogP) is 3.55. The summed E-state index contributed by atoms with van der Waals surface area (Å²) in [6.07, 6.45) is 5.77. The van der Waals surface area contributed by atoms with Gasteiger partial charge in [0.2, 0.25) is 0 Å². The van der Waals surface area contributed by atoms with Crippen molar-refractivity contribution < 1.29 is 28.4 Å². The fraction of sp³-hybridized carbons (Fsp3) is 0.462. The molecule has 0 bridgehead atoms. The largest absolute Gasteiger partial charge is 0.444 e. The molecule has 0 radical (unpaired) electrons. The Hall–Kier alpha value is -3.51. The van der Waals surface area contributed by atoms with E-state index in [4.69, 9.17) is 19.5 Å². The van der Waals surface area contributed by atoms with Crippen LogP contribution in [0.2, 0.25) is 0 Å². The number of H-pyrrole nitrogens is 1. The normalized spacial score (nSPS) is 30.3. The number of likely N-dealkylation sites (tertiary alicyclic amines) is 1. The van der Waals surface area contributed by atoms with Crippen molar-refractivity contribution in [3.05, 3.63) is 54.0 Å². The standard InChI is InChI=1S/C26H27FN4O4/c1-15-9-16(10-28)5-6-19(15)30-20-7-8-29-23(21(20)27)34-22-17-11-31(24(32)35-25(2,3)4)13-26(17)14-33-12-18(22)26/h5-9,17-18,22H,1,11-14H2,2-4H3/p+1. The smallest absolute Gasteiger partial charge is 0.410 e. The number of halogens is 1. The average Bonchev–Trinajstić information content (AvgIpc) is 3.33. The summed E-state index contributed by atoms with van der Waals surface area (Å²) in [5, 5.41) is 9.03. The summed E-state index contributed by atoms with van der Waals surface area (Å²) in [4.78, 5) is 21.6. The Labute approximate surface area is 203 Å². The van der Waals surface area contributed by atoms with Gasteiger partial charge in [-0.3, -0.25) is 0 Å². The molecule has 4 atom stereocenters. The van der Waals surface area contributed by atoms with Gasteiger partial charge in [0.05, 0.1) is 30.6 Å². The second-order valence-electron chi connectivity index (χ2n) is 10.5. The number of nitrogens with zero attached hydrogens (tertiary/aromatic N) is 3. The highest BCUT2D eigenvalue weighted by Crippen LogP contribution is 2.60. The minimum Gasteiger partial charge on any atom is -0.444 e. The number of aromatic amines is 1. The van der Waals surface area contributed by atoms with E-state index in [0.29, 0.717) is 43.2 Å². The maximum atomic E-state index is 15.4. The summed E-state index contributed by atoms with van der Waals surface area (Å²) in [5.74, 6) is -0.555. The van der Waals surface area contributed by atoms with Gasteiger partial charge in [0.15, 0.2) is 6.20 Å². The van der Waals surface area contributed by atoms with Crippen LogP contribution in [0.4, 0.5) is 14.9 Å². The highest BCUT2D eigenvalue weighted by atomic mass is 19.1. The number of carbonyl (C=O) groups excluding carboxylic acids is 1. The van der Waals surface area contributed by atoms with Crippen molar-refractivity contribution in [2.45, 2.75) is 32.5 Å². The summed E-state index contributed by atoms with van der Waals surface area (Å²) in [7, 11) is 0. The molecule has 4 unspecified atom stereocenters. The summed E-state index contributed by atoms with van der Waals surface area (Å²) < 4.78 is 32.9. The van der Waals surface area contributed by atoms with E-state index in [9.17, 15) is 4.79 Å². The fourth-order valence-electron chi connectivity index (χ4n) is 5.45. The number of nitrogens with one attached hydrogen (secondary N) is 1. The van der Waals surface area contributed by atoms with E-state index in [1.807, 2.05) is 26.8 Å². The highest BCUT2D eigenvalue weighted by molar-refractivity contribution is 6.12. The first-order valence-electron chi connectivity index (χ1n) is 11.6. The molecular weight excluding hydrogens is 451 g/mol. The number of allylic oxidation sites excluding steroid dienone is 5. The Morgan fingerprint density at radius 3 is 2.91 bits per heavy atom. The molecule has 3 fully saturated rings. The van der Waals surface area contributed by atoms with E-state index in [1.54, 1.807) is 29.3 Å². The summed E-state index contributed by atoms with van der Waals surface area (Å²) in [6.45, 7) is 11.5. The van der Waals surface area contributed by atoms with Crippen LogP contribution in [0.25, 0.3) is 0 Å². The van der Waals surface area contributed by atoms with Crippen LogP contribution >= 0.6 is 0 Å². The van der Waals surface area contributed by atoms with Crippen LogP contribution in [-0.4, -0.2) is 54.7 Å². The van der Waals surface area contributed by atoms with Gasteiger partial charge in [0.25, 0.3) is 5.82 Å². The third-order valence-electron chi connectivity index (χ3n) is 7.08. The van der Waals surface area contributed by atoms with Crippen LogP contribution in [-0.2, 0) is 9.47 Å². The lowest BCUT2D eigenvalue weighted by atomic mass is 9.54. The second-order valence-corrected chi connectivity index (χ2v) is 10.5. The highest BCUT2D eigenvalue weighted by Gasteiger charge is 2.71. The van der Waals surface area contributed by atoms with Crippen molar-refractivity contribution in [2.24, 2.45) is 22.2 Å². The van der Waals surface area contributed by atoms with Crippen molar-refractivity contribution in [3.8, 4) is 11.9 Å². The van der Waals surface area contributed by atoms with Crippen LogP contribution in [0.1, 0.15) is 20.8 Å². The van der Waals surface area contributed by atoms with E-state index in [0.717, 1.165) is 0 Å².